The van der Waals surface area contributed by atoms with Crippen molar-refractivity contribution in [2.45, 2.75) is 44.6 Å². The van der Waals surface area contributed by atoms with Gasteiger partial charge in [-0.15, -0.1) is 11.3 Å². The van der Waals surface area contributed by atoms with E-state index in [-0.39, 0.29) is 0 Å². The highest BCUT2D eigenvalue weighted by atomic mass is 32.1. The molecule has 21 heavy (non-hydrogen) atoms. The average molecular weight is 306 g/mol. The van der Waals surface area contributed by atoms with Gasteiger partial charge in [-0.3, -0.25) is 9.69 Å². The molecule has 1 aliphatic heterocycles. The van der Waals surface area contributed by atoms with Crippen molar-refractivity contribution < 1.29 is 4.79 Å². The first-order chi connectivity index (χ1) is 10.3. The van der Waals surface area contributed by atoms with E-state index in [4.69, 9.17) is 0 Å². The van der Waals surface area contributed by atoms with Gasteiger partial charge in [0.05, 0.1) is 4.88 Å². The Labute approximate surface area is 131 Å². The maximum absolute atomic E-state index is 12.0. The molecular weight excluding hydrogens is 280 g/mol. The Morgan fingerprint density at radius 3 is 2.62 bits per heavy atom. The van der Waals surface area contributed by atoms with Crippen LogP contribution >= 0.6 is 11.3 Å². The van der Waals surface area contributed by atoms with Gasteiger partial charge in [0.25, 0.3) is 0 Å². The van der Waals surface area contributed by atoms with Gasteiger partial charge in [-0.05, 0) is 37.3 Å². The van der Waals surface area contributed by atoms with Gasteiger partial charge in [0.15, 0.2) is 5.78 Å². The Hall–Kier alpha value is -0.710. The molecule has 1 aromatic rings. The normalized spacial score (nSPS) is 21.9. The van der Waals surface area contributed by atoms with Crippen molar-refractivity contribution in [3.05, 3.63) is 22.4 Å². The fourth-order valence-electron chi connectivity index (χ4n) is 3.65. The standard InChI is InChI=1S/C17H26N2OS/c20-16(17-8-4-14-21-17)7-3-9-18-10-12-19(13-11-18)15-5-1-2-6-15/h4,8,14-15H,1-3,5-7,9-13H2. The van der Waals surface area contributed by atoms with E-state index in [9.17, 15) is 4.79 Å². The number of thiophene rings is 1. The van der Waals surface area contributed by atoms with E-state index in [1.165, 1.54) is 51.9 Å². The average Bonchev–Trinajstić information content (AvgIpc) is 3.21. The molecule has 0 N–H and O–H groups in total. The summed E-state index contributed by atoms with van der Waals surface area (Å²) in [6.45, 7) is 5.90. The number of nitrogens with zero attached hydrogens (tertiary/aromatic N) is 2. The van der Waals surface area contributed by atoms with Gasteiger partial charge < -0.3 is 4.90 Å². The Morgan fingerprint density at radius 1 is 1.19 bits per heavy atom. The predicted molar refractivity (Wildman–Crippen MR) is 88.2 cm³/mol. The Kier molecular flexibility index (Phi) is 5.44. The van der Waals surface area contributed by atoms with Crippen LogP contribution in [0.4, 0.5) is 0 Å². The van der Waals surface area contributed by atoms with Crippen molar-refractivity contribution in [1.82, 2.24) is 9.80 Å². The number of hydrogen-bond donors (Lipinski definition) is 0. The van der Waals surface area contributed by atoms with Gasteiger partial charge >= 0.3 is 0 Å². The van der Waals surface area contributed by atoms with Gasteiger partial charge in [-0.2, -0.15) is 0 Å². The van der Waals surface area contributed by atoms with Crippen LogP contribution in [0.2, 0.25) is 0 Å². The second kappa shape index (κ2) is 7.52. The molecule has 1 aliphatic carbocycles. The fourth-order valence-corrected chi connectivity index (χ4v) is 4.34. The second-order valence-electron chi connectivity index (χ2n) is 6.32. The molecule has 1 aromatic heterocycles. The largest absolute Gasteiger partial charge is 0.301 e. The van der Waals surface area contributed by atoms with Crippen LogP contribution in [0.15, 0.2) is 17.5 Å². The molecule has 0 aromatic carbocycles. The zero-order valence-corrected chi connectivity index (χ0v) is 13.6. The molecule has 116 valence electrons. The van der Waals surface area contributed by atoms with Crippen molar-refractivity contribution in [3.63, 3.8) is 0 Å². The first-order valence-electron chi connectivity index (χ1n) is 8.36. The summed E-state index contributed by atoms with van der Waals surface area (Å²) in [6, 6.07) is 4.76. The molecule has 0 radical (unpaired) electrons. The van der Waals surface area contributed by atoms with Gasteiger partial charge in [-0.25, -0.2) is 0 Å². The maximum Gasteiger partial charge on any atom is 0.172 e. The lowest BCUT2D eigenvalue weighted by molar-refractivity contribution is 0.0910. The van der Waals surface area contributed by atoms with Crippen LogP contribution in [0.1, 0.15) is 48.2 Å². The molecule has 3 nitrogen and oxygen atoms in total. The molecule has 3 rings (SSSR count). The van der Waals surface area contributed by atoms with Crippen LogP contribution in [0, 0.1) is 0 Å². The van der Waals surface area contributed by atoms with E-state index < -0.39 is 0 Å². The van der Waals surface area contributed by atoms with Gasteiger partial charge in [-0.1, -0.05) is 18.9 Å². The summed E-state index contributed by atoms with van der Waals surface area (Å²) in [4.78, 5) is 18.1. The molecule has 2 aliphatic rings. The van der Waals surface area contributed by atoms with Gasteiger partial charge in [0.1, 0.15) is 0 Å². The monoisotopic (exact) mass is 306 g/mol. The topological polar surface area (TPSA) is 23.6 Å². The highest BCUT2D eigenvalue weighted by molar-refractivity contribution is 7.12. The summed E-state index contributed by atoms with van der Waals surface area (Å²) >= 11 is 1.56. The third-order valence-electron chi connectivity index (χ3n) is 4.92. The lowest BCUT2D eigenvalue weighted by Crippen LogP contribution is -2.49. The molecular formula is C17H26N2OS. The van der Waals surface area contributed by atoms with Gasteiger partial charge in [0.2, 0.25) is 0 Å². The van der Waals surface area contributed by atoms with E-state index in [2.05, 4.69) is 9.80 Å². The van der Waals surface area contributed by atoms with Crippen LogP contribution in [0.25, 0.3) is 0 Å². The van der Waals surface area contributed by atoms with Crippen LogP contribution in [-0.4, -0.2) is 54.3 Å². The second-order valence-corrected chi connectivity index (χ2v) is 7.27. The lowest BCUT2D eigenvalue weighted by atomic mass is 10.1. The maximum atomic E-state index is 12.0. The molecule has 4 heteroatoms. The molecule has 2 heterocycles. The van der Waals surface area contributed by atoms with Crippen LogP contribution in [0.5, 0.6) is 0 Å². The summed E-state index contributed by atoms with van der Waals surface area (Å²) < 4.78 is 0. The van der Waals surface area contributed by atoms with Crippen molar-refractivity contribution in [2.24, 2.45) is 0 Å². The fraction of sp³-hybridized carbons (Fsp3) is 0.706. The van der Waals surface area contributed by atoms with E-state index in [0.717, 1.165) is 23.9 Å². The summed E-state index contributed by atoms with van der Waals surface area (Å²) in [5, 5.41) is 1.98. The van der Waals surface area contributed by atoms with Gasteiger partial charge in [0, 0.05) is 38.6 Å². The lowest BCUT2D eigenvalue weighted by Gasteiger charge is -2.38. The summed E-state index contributed by atoms with van der Waals surface area (Å²) in [5.41, 5.74) is 0. The van der Waals surface area contributed by atoms with E-state index >= 15 is 0 Å². The summed E-state index contributed by atoms with van der Waals surface area (Å²) in [5.74, 6) is 0.314. The van der Waals surface area contributed by atoms with Crippen molar-refractivity contribution in [1.29, 1.82) is 0 Å². The molecule has 0 amide bonds. The minimum atomic E-state index is 0.314. The number of ketones is 1. The van der Waals surface area contributed by atoms with Crippen LogP contribution in [-0.2, 0) is 0 Å². The van der Waals surface area contributed by atoms with E-state index in [0.29, 0.717) is 12.2 Å². The number of carbonyl (C=O) groups is 1. The summed E-state index contributed by atoms with van der Waals surface area (Å²) in [7, 11) is 0. The molecule has 2 fully saturated rings. The quantitative estimate of drug-likeness (QED) is 0.754. The number of rotatable bonds is 6. The molecule has 0 unspecified atom stereocenters. The Morgan fingerprint density at radius 2 is 1.95 bits per heavy atom. The third kappa shape index (κ3) is 4.15. The van der Waals surface area contributed by atoms with Crippen LogP contribution < -0.4 is 0 Å². The zero-order valence-electron chi connectivity index (χ0n) is 12.8. The third-order valence-corrected chi connectivity index (χ3v) is 5.83. The molecule has 1 saturated heterocycles. The predicted octanol–water partition coefficient (Wildman–Crippen LogP) is 3.27. The number of carbonyl (C=O) groups excluding carboxylic acids is 1. The molecule has 1 saturated carbocycles. The number of piperazine rings is 1. The summed E-state index contributed by atoms with van der Waals surface area (Å²) in [6.07, 6.45) is 7.37. The smallest absolute Gasteiger partial charge is 0.172 e. The first kappa shape index (κ1) is 15.2. The number of hydrogen-bond acceptors (Lipinski definition) is 4. The molecule has 0 bridgehead atoms. The van der Waals surface area contributed by atoms with E-state index in [1.807, 2.05) is 17.5 Å². The van der Waals surface area contributed by atoms with Crippen LogP contribution in [0.3, 0.4) is 0 Å². The molecule has 0 atom stereocenters. The number of Topliss-reactive ketones (excluding diaryl/α,β-unsaturated/α-hetero) is 1. The minimum absolute atomic E-state index is 0.314. The SMILES string of the molecule is O=C(CCCN1CCN(C2CCCC2)CC1)c1cccs1. The minimum Gasteiger partial charge on any atom is -0.301 e. The van der Waals surface area contributed by atoms with E-state index in [1.54, 1.807) is 11.3 Å². The Bertz CT molecular complexity index is 432. The Balaban J connectivity index is 1.33. The zero-order chi connectivity index (χ0) is 14.5. The molecule has 0 spiro atoms. The highest BCUT2D eigenvalue weighted by Gasteiger charge is 2.25. The highest BCUT2D eigenvalue weighted by Crippen LogP contribution is 2.24. The van der Waals surface area contributed by atoms with Crippen molar-refractivity contribution in [3.8, 4) is 0 Å². The van der Waals surface area contributed by atoms with Crippen molar-refractivity contribution >= 4 is 17.1 Å². The van der Waals surface area contributed by atoms with Crippen molar-refractivity contribution in [2.75, 3.05) is 32.7 Å². The first-order valence-corrected chi connectivity index (χ1v) is 9.24.